The van der Waals surface area contributed by atoms with Crippen LogP contribution in [-0.4, -0.2) is 66.8 Å². The molecule has 120 valence electrons. The van der Waals surface area contributed by atoms with Crippen LogP contribution in [-0.2, 0) is 4.79 Å². The fraction of sp³-hybridized carbons (Fsp3) is 0.588. The minimum absolute atomic E-state index is 0.269. The predicted octanol–water partition coefficient (Wildman–Crippen LogP) is 2.15. The van der Waals surface area contributed by atoms with E-state index < -0.39 is 0 Å². The molecule has 3 rings (SSSR count). The monoisotopic (exact) mass is 319 g/mol. The van der Waals surface area contributed by atoms with E-state index >= 15 is 0 Å². The van der Waals surface area contributed by atoms with Crippen LogP contribution in [0.1, 0.15) is 13.8 Å². The Morgan fingerprint density at radius 2 is 1.86 bits per heavy atom. The molecule has 0 N–H and O–H groups in total. The second-order valence-corrected chi connectivity index (χ2v) is 7.38. The largest absolute Gasteiger partial charge is 0.360 e. The molecule has 22 heavy (non-hydrogen) atoms. The molecule has 0 aliphatic carbocycles. The Balaban J connectivity index is 1.59. The Bertz CT molecular complexity index is 526. The minimum Gasteiger partial charge on any atom is -0.360 e. The van der Waals surface area contributed by atoms with Crippen LogP contribution in [0.5, 0.6) is 0 Å². The standard InChI is InChI=1S/C17H25N3OS/c1-14(2)18-7-9-19(10-8-18)17(21)13-20-11-12-22-16-6-4-3-5-15(16)20/h3-6,14H,7-13H2,1-2H3. The molecule has 0 unspecified atom stereocenters. The van der Waals surface area contributed by atoms with Crippen molar-refractivity contribution in [2.24, 2.45) is 0 Å². The van der Waals surface area contributed by atoms with E-state index in [1.165, 1.54) is 10.6 Å². The van der Waals surface area contributed by atoms with Crippen LogP contribution in [0.2, 0.25) is 0 Å². The first-order valence-electron chi connectivity index (χ1n) is 8.14. The van der Waals surface area contributed by atoms with Crippen molar-refractivity contribution in [2.75, 3.05) is 49.9 Å². The van der Waals surface area contributed by atoms with Crippen LogP contribution in [0.3, 0.4) is 0 Å². The van der Waals surface area contributed by atoms with Gasteiger partial charge < -0.3 is 9.80 Å². The van der Waals surface area contributed by atoms with Gasteiger partial charge in [-0.1, -0.05) is 12.1 Å². The molecule has 2 aliphatic rings. The highest BCUT2D eigenvalue weighted by Crippen LogP contribution is 2.34. The summed E-state index contributed by atoms with van der Waals surface area (Å²) in [5.41, 5.74) is 1.22. The Labute approximate surface area is 137 Å². The summed E-state index contributed by atoms with van der Waals surface area (Å²) in [7, 11) is 0. The lowest BCUT2D eigenvalue weighted by Gasteiger charge is -2.38. The first-order valence-corrected chi connectivity index (χ1v) is 9.12. The number of hydrogen-bond donors (Lipinski definition) is 0. The molecular weight excluding hydrogens is 294 g/mol. The molecule has 2 aliphatic heterocycles. The normalized spacial score (nSPS) is 19.4. The summed E-state index contributed by atoms with van der Waals surface area (Å²) in [6, 6.07) is 8.98. The van der Waals surface area contributed by atoms with Crippen LogP contribution >= 0.6 is 11.8 Å². The van der Waals surface area contributed by atoms with Gasteiger partial charge in [-0.25, -0.2) is 0 Å². The molecule has 0 atom stereocenters. The van der Waals surface area contributed by atoms with E-state index in [0.717, 1.165) is 38.5 Å². The molecule has 1 aromatic carbocycles. The third kappa shape index (κ3) is 3.41. The van der Waals surface area contributed by atoms with Gasteiger partial charge in [-0.2, -0.15) is 0 Å². The molecule has 2 heterocycles. The smallest absolute Gasteiger partial charge is 0.242 e. The maximum absolute atomic E-state index is 12.6. The zero-order valence-corrected chi connectivity index (χ0v) is 14.3. The zero-order valence-electron chi connectivity index (χ0n) is 13.5. The number of para-hydroxylation sites is 1. The van der Waals surface area contributed by atoms with E-state index in [-0.39, 0.29) is 5.91 Å². The number of fused-ring (bicyclic) bond motifs is 1. The van der Waals surface area contributed by atoms with Crippen LogP contribution < -0.4 is 4.90 Å². The molecule has 5 heteroatoms. The second-order valence-electron chi connectivity index (χ2n) is 6.25. The van der Waals surface area contributed by atoms with Gasteiger partial charge in [0.1, 0.15) is 0 Å². The van der Waals surface area contributed by atoms with Crippen molar-refractivity contribution in [3.63, 3.8) is 0 Å². The van der Waals surface area contributed by atoms with Gasteiger partial charge >= 0.3 is 0 Å². The molecule has 1 fully saturated rings. The highest BCUT2D eigenvalue weighted by molar-refractivity contribution is 7.99. The van der Waals surface area contributed by atoms with Gasteiger partial charge in [-0.05, 0) is 26.0 Å². The number of thioether (sulfide) groups is 1. The maximum Gasteiger partial charge on any atom is 0.242 e. The van der Waals surface area contributed by atoms with Crippen molar-refractivity contribution in [3.05, 3.63) is 24.3 Å². The van der Waals surface area contributed by atoms with Crippen molar-refractivity contribution in [2.45, 2.75) is 24.8 Å². The predicted molar refractivity (Wildman–Crippen MR) is 92.7 cm³/mol. The maximum atomic E-state index is 12.6. The van der Waals surface area contributed by atoms with Crippen molar-refractivity contribution < 1.29 is 4.79 Å². The highest BCUT2D eigenvalue weighted by Gasteiger charge is 2.25. The number of anilines is 1. The van der Waals surface area contributed by atoms with Crippen LogP contribution in [0, 0.1) is 0 Å². The van der Waals surface area contributed by atoms with Crippen LogP contribution in [0.15, 0.2) is 29.2 Å². The molecule has 0 saturated carbocycles. The third-order valence-corrected chi connectivity index (χ3v) is 5.59. The Morgan fingerprint density at radius 3 is 2.59 bits per heavy atom. The Morgan fingerprint density at radius 1 is 1.14 bits per heavy atom. The molecule has 0 radical (unpaired) electrons. The number of carbonyl (C=O) groups is 1. The third-order valence-electron chi connectivity index (χ3n) is 4.55. The first kappa shape index (κ1) is 15.7. The molecule has 0 bridgehead atoms. The lowest BCUT2D eigenvalue weighted by molar-refractivity contribution is -0.131. The van der Waals surface area contributed by atoms with Crippen molar-refractivity contribution in [1.82, 2.24) is 9.80 Å². The summed E-state index contributed by atoms with van der Waals surface area (Å²) in [5.74, 6) is 1.33. The summed E-state index contributed by atoms with van der Waals surface area (Å²) >= 11 is 1.89. The van der Waals surface area contributed by atoms with E-state index in [1.807, 2.05) is 16.7 Å². The quantitative estimate of drug-likeness (QED) is 0.853. The van der Waals surface area contributed by atoms with Gasteiger partial charge in [0.2, 0.25) is 5.91 Å². The van der Waals surface area contributed by atoms with E-state index in [2.05, 4.69) is 47.9 Å². The molecular formula is C17H25N3OS. The molecule has 4 nitrogen and oxygen atoms in total. The lowest BCUT2D eigenvalue weighted by atomic mass is 10.2. The molecule has 1 saturated heterocycles. The number of carbonyl (C=O) groups excluding carboxylic acids is 1. The average Bonchev–Trinajstić information content (AvgIpc) is 2.55. The molecule has 1 aromatic rings. The number of piperazine rings is 1. The summed E-state index contributed by atoms with van der Waals surface area (Å²) in [5, 5.41) is 0. The van der Waals surface area contributed by atoms with Gasteiger partial charge in [0.05, 0.1) is 12.2 Å². The van der Waals surface area contributed by atoms with E-state index in [1.54, 1.807) is 0 Å². The highest BCUT2D eigenvalue weighted by atomic mass is 32.2. The minimum atomic E-state index is 0.269. The summed E-state index contributed by atoms with van der Waals surface area (Å²) in [6.45, 7) is 9.63. The summed E-state index contributed by atoms with van der Waals surface area (Å²) in [4.78, 5) is 20.6. The molecule has 0 spiro atoms. The van der Waals surface area contributed by atoms with Gasteiger partial charge in [0.15, 0.2) is 0 Å². The van der Waals surface area contributed by atoms with Crippen molar-refractivity contribution >= 4 is 23.4 Å². The first-order chi connectivity index (χ1) is 10.6. The van der Waals surface area contributed by atoms with Crippen LogP contribution in [0.4, 0.5) is 5.69 Å². The topological polar surface area (TPSA) is 26.8 Å². The Kier molecular flexibility index (Phi) is 4.93. The molecule has 1 amide bonds. The van der Waals surface area contributed by atoms with E-state index in [4.69, 9.17) is 0 Å². The number of hydrogen-bond acceptors (Lipinski definition) is 4. The average molecular weight is 319 g/mol. The zero-order chi connectivity index (χ0) is 15.5. The SMILES string of the molecule is CC(C)N1CCN(C(=O)CN2CCSc3ccccc32)CC1. The molecule has 0 aromatic heterocycles. The van der Waals surface area contributed by atoms with Gasteiger partial charge in [0.25, 0.3) is 0 Å². The fourth-order valence-corrected chi connectivity index (χ4v) is 4.19. The fourth-order valence-electron chi connectivity index (χ4n) is 3.14. The Hall–Kier alpha value is -1.20. The van der Waals surface area contributed by atoms with E-state index in [9.17, 15) is 4.79 Å². The number of benzene rings is 1. The number of nitrogens with zero attached hydrogens (tertiary/aromatic N) is 3. The second kappa shape index (κ2) is 6.92. The van der Waals surface area contributed by atoms with E-state index in [0.29, 0.717) is 12.6 Å². The van der Waals surface area contributed by atoms with Gasteiger partial charge in [0, 0.05) is 49.4 Å². The number of rotatable bonds is 3. The van der Waals surface area contributed by atoms with Crippen molar-refractivity contribution in [3.8, 4) is 0 Å². The van der Waals surface area contributed by atoms with Crippen LogP contribution in [0.25, 0.3) is 0 Å². The van der Waals surface area contributed by atoms with Gasteiger partial charge in [-0.15, -0.1) is 11.8 Å². The lowest BCUT2D eigenvalue weighted by Crippen LogP contribution is -2.53. The summed E-state index contributed by atoms with van der Waals surface area (Å²) in [6.07, 6.45) is 0. The van der Waals surface area contributed by atoms with Crippen molar-refractivity contribution in [1.29, 1.82) is 0 Å². The summed E-state index contributed by atoms with van der Waals surface area (Å²) < 4.78 is 0. The van der Waals surface area contributed by atoms with Gasteiger partial charge in [-0.3, -0.25) is 9.69 Å². The number of amides is 1.